The molecular weight excluding hydrogens is 316 g/mol. The molecule has 0 spiro atoms. The fourth-order valence-electron chi connectivity index (χ4n) is 2.66. The molecule has 0 bridgehead atoms. The first-order chi connectivity index (χ1) is 11.0. The second-order valence-electron chi connectivity index (χ2n) is 5.91. The molecule has 1 fully saturated rings. The topological polar surface area (TPSA) is 72.1 Å². The molecule has 1 aromatic rings. The number of nitrogens with one attached hydrogen (secondary N) is 1. The molecule has 3 N–H and O–H groups in total. The zero-order valence-electron chi connectivity index (χ0n) is 13.9. The molecule has 6 nitrogen and oxygen atoms in total. The maximum absolute atomic E-state index is 6.11. The first kappa shape index (κ1) is 17.8. The van der Waals surface area contributed by atoms with Crippen LogP contribution in [0.5, 0.6) is 5.75 Å². The number of rotatable bonds is 5. The van der Waals surface area contributed by atoms with Crippen LogP contribution in [0, 0.1) is 0 Å². The van der Waals surface area contributed by atoms with Crippen molar-refractivity contribution in [1.29, 1.82) is 0 Å². The third kappa shape index (κ3) is 4.50. The summed E-state index contributed by atoms with van der Waals surface area (Å²) in [6.45, 7) is 2.15. The average molecular weight is 341 g/mol. The zero-order valence-corrected chi connectivity index (χ0v) is 14.7. The van der Waals surface area contributed by atoms with E-state index in [4.69, 9.17) is 26.8 Å². The molecule has 1 aliphatic rings. The Labute approximate surface area is 142 Å². The summed E-state index contributed by atoms with van der Waals surface area (Å²) >= 11 is 6.11. The number of nitrogens with two attached hydrogens (primary N) is 1. The van der Waals surface area contributed by atoms with Crippen LogP contribution in [0.1, 0.15) is 12.8 Å². The van der Waals surface area contributed by atoms with E-state index < -0.39 is 0 Å². The predicted molar refractivity (Wildman–Crippen MR) is 94.6 cm³/mol. The van der Waals surface area contributed by atoms with Crippen LogP contribution in [-0.2, 0) is 4.74 Å². The second kappa shape index (κ2) is 7.86. The summed E-state index contributed by atoms with van der Waals surface area (Å²) in [6.07, 6.45) is 1.90. The van der Waals surface area contributed by atoms with Crippen LogP contribution in [0.25, 0.3) is 0 Å². The lowest BCUT2D eigenvalue weighted by atomic mass is 9.89. The molecule has 1 aliphatic heterocycles. The van der Waals surface area contributed by atoms with Crippen molar-refractivity contribution in [2.45, 2.75) is 18.4 Å². The Balaban J connectivity index is 2.03. The van der Waals surface area contributed by atoms with Crippen molar-refractivity contribution in [3.8, 4) is 5.75 Å². The molecule has 2 rings (SSSR count). The van der Waals surface area contributed by atoms with Crippen molar-refractivity contribution in [2.24, 2.45) is 10.7 Å². The average Bonchev–Trinajstić information content (AvgIpc) is 2.54. The number of aliphatic imine (C=N–C) groups is 1. The zero-order chi connectivity index (χ0) is 16.9. The number of anilines is 1. The maximum Gasteiger partial charge on any atom is 0.193 e. The number of guanidine groups is 1. The van der Waals surface area contributed by atoms with Crippen LogP contribution in [0.2, 0.25) is 5.02 Å². The molecule has 0 atom stereocenters. The van der Waals surface area contributed by atoms with Gasteiger partial charge in [-0.05, 0) is 45.1 Å². The van der Waals surface area contributed by atoms with E-state index in [9.17, 15) is 0 Å². The van der Waals surface area contributed by atoms with Gasteiger partial charge in [0.2, 0.25) is 0 Å². The van der Waals surface area contributed by atoms with Crippen molar-refractivity contribution < 1.29 is 9.47 Å². The fraction of sp³-hybridized carbons (Fsp3) is 0.562. The van der Waals surface area contributed by atoms with Gasteiger partial charge in [-0.3, -0.25) is 4.99 Å². The summed E-state index contributed by atoms with van der Waals surface area (Å²) in [4.78, 5) is 6.74. The van der Waals surface area contributed by atoms with E-state index in [1.165, 1.54) is 0 Å². The number of nitrogens with zero attached hydrogens (tertiary/aromatic N) is 2. The number of hydrogen-bond donors (Lipinski definition) is 2. The van der Waals surface area contributed by atoms with Gasteiger partial charge in [-0.25, -0.2) is 0 Å². The molecule has 1 heterocycles. The smallest absolute Gasteiger partial charge is 0.193 e. The highest BCUT2D eigenvalue weighted by molar-refractivity contribution is 6.32. The lowest BCUT2D eigenvalue weighted by Crippen LogP contribution is -2.51. The maximum atomic E-state index is 6.11. The Morgan fingerprint density at radius 2 is 2.13 bits per heavy atom. The minimum atomic E-state index is 0.00209. The van der Waals surface area contributed by atoms with Crippen LogP contribution >= 0.6 is 11.6 Å². The lowest BCUT2D eigenvalue weighted by molar-refractivity contribution is -0.00249. The molecule has 0 radical (unpaired) electrons. The van der Waals surface area contributed by atoms with Gasteiger partial charge in [0.25, 0.3) is 0 Å². The van der Waals surface area contributed by atoms with Gasteiger partial charge in [-0.1, -0.05) is 11.6 Å². The van der Waals surface area contributed by atoms with Gasteiger partial charge in [0.05, 0.1) is 18.7 Å². The van der Waals surface area contributed by atoms with E-state index in [1.807, 2.05) is 6.07 Å². The van der Waals surface area contributed by atoms with Gasteiger partial charge in [-0.2, -0.15) is 0 Å². The van der Waals surface area contributed by atoms with Gasteiger partial charge < -0.3 is 25.4 Å². The van der Waals surface area contributed by atoms with E-state index >= 15 is 0 Å². The molecule has 1 saturated heterocycles. The molecular formula is C16H25ClN4O2. The summed E-state index contributed by atoms with van der Waals surface area (Å²) in [7, 11) is 5.74. The molecule has 7 heteroatoms. The summed E-state index contributed by atoms with van der Waals surface area (Å²) < 4.78 is 10.6. The summed E-state index contributed by atoms with van der Waals surface area (Å²) in [5.41, 5.74) is 6.80. The van der Waals surface area contributed by atoms with Crippen molar-refractivity contribution in [1.82, 2.24) is 4.90 Å². The Hall–Kier alpha value is -1.50. The van der Waals surface area contributed by atoms with Crippen molar-refractivity contribution in [3.63, 3.8) is 0 Å². The summed E-state index contributed by atoms with van der Waals surface area (Å²) in [5.74, 6) is 1.00. The molecule has 0 unspecified atom stereocenters. The van der Waals surface area contributed by atoms with Gasteiger partial charge in [0.15, 0.2) is 5.96 Å². The summed E-state index contributed by atoms with van der Waals surface area (Å²) in [6, 6.07) is 5.40. The monoisotopic (exact) mass is 340 g/mol. The van der Waals surface area contributed by atoms with Crippen LogP contribution < -0.4 is 15.8 Å². The van der Waals surface area contributed by atoms with Crippen molar-refractivity contribution in [2.75, 3.05) is 46.3 Å². The van der Waals surface area contributed by atoms with E-state index in [0.29, 0.717) is 23.3 Å². The largest absolute Gasteiger partial charge is 0.495 e. The first-order valence-corrected chi connectivity index (χ1v) is 8.00. The van der Waals surface area contributed by atoms with Gasteiger partial charge >= 0.3 is 0 Å². The first-order valence-electron chi connectivity index (χ1n) is 7.62. The van der Waals surface area contributed by atoms with Crippen LogP contribution in [-0.4, -0.2) is 57.4 Å². The third-order valence-corrected chi connectivity index (χ3v) is 4.64. The molecule has 128 valence electrons. The Kier molecular flexibility index (Phi) is 6.10. The fourth-order valence-corrected chi connectivity index (χ4v) is 2.92. The van der Waals surface area contributed by atoms with Crippen LogP contribution in [0.3, 0.4) is 0 Å². The number of methoxy groups -OCH3 is 1. The molecule has 0 saturated carbocycles. The molecule has 0 aliphatic carbocycles. The number of benzene rings is 1. The van der Waals surface area contributed by atoms with Crippen molar-refractivity contribution >= 4 is 23.2 Å². The van der Waals surface area contributed by atoms with Gasteiger partial charge in [0.1, 0.15) is 5.75 Å². The van der Waals surface area contributed by atoms with E-state index in [-0.39, 0.29) is 5.54 Å². The van der Waals surface area contributed by atoms with E-state index in [2.05, 4.69) is 29.3 Å². The molecule has 0 aromatic heterocycles. The minimum Gasteiger partial charge on any atom is -0.495 e. The number of hydrogen-bond acceptors (Lipinski definition) is 4. The highest BCUT2D eigenvalue weighted by Crippen LogP contribution is 2.28. The Morgan fingerprint density at radius 3 is 2.70 bits per heavy atom. The van der Waals surface area contributed by atoms with E-state index in [0.717, 1.165) is 31.7 Å². The second-order valence-corrected chi connectivity index (χ2v) is 6.31. The summed E-state index contributed by atoms with van der Waals surface area (Å²) in [5, 5.41) is 3.60. The normalized spacial score (nSPS) is 18.0. The standard InChI is InChI=1S/C16H25ClN4O2/c1-21(2)16(6-8-23-9-7-16)11-19-15(18)20-12-4-5-14(22-3)13(17)10-12/h4-5,10H,6-9,11H2,1-3H3,(H3,18,19,20). The SMILES string of the molecule is COc1ccc(NC(N)=NCC2(N(C)C)CCOCC2)cc1Cl. The molecule has 23 heavy (non-hydrogen) atoms. The lowest BCUT2D eigenvalue weighted by Gasteiger charge is -2.41. The van der Waals surface area contributed by atoms with Crippen molar-refractivity contribution in [3.05, 3.63) is 23.2 Å². The highest BCUT2D eigenvalue weighted by atomic mass is 35.5. The minimum absolute atomic E-state index is 0.00209. The van der Waals surface area contributed by atoms with Gasteiger partial charge in [0, 0.05) is 24.4 Å². The quantitative estimate of drug-likeness (QED) is 0.635. The Morgan fingerprint density at radius 1 is 1.43 bits per heavy atom. The van der Waals surface area contributed by atoms with E-state index in [1.54, 1.807) is 19.2 Å². The Bertz CT molecular complexity index is 557. The van der Waals surface area contributed by atoms with Gasteiger partial charge in [-0.15, -0.1) is 0 Å². The van der Waals surface area contributed by atoms with Crippen LogP contribution in [0.15, 0.2) is 23.2 Å². The molecule has 0 amide bonds. The number of halogens is 1. The number of ether oxygens (including phenoxy) is 2. The predicted octanol–water partition coefficient (Wildman–Crippen LogP) is 2.19. The van der Waals surface area contributed by atoms with Crippen LogP contribution in [0.4, 0.5) is 5.69 Å². The highest BCUT2D eigenvalue weighted by Gasteiger charge is 2.34. The number of likely N-dealkylation sites (N-methyl/N-ethyl adjacent to an activating group) is 1. The third-order valence-electron chi connectivity index (χ3n) is 4.34. The molecule has 1 aromatic carbocycles.